The van der Waals surface area contributed by atoms with Crippen molar-refractivity contribution >= 4 is 29.1 Å². The number of carbonyl (C=O) groups is 2. The molecule has 0 atom stereocenters. The summed E-state index contributed by atoms with van der Waals surface area (Å²) in [6.07, 6.45) is 0. The fourth-order valence-corrected chi connectivity index (χ4v) is 2.27. The molecule has 0 aliphatic rings. The smallest absolute Gasteiger partial charge is 0.255 e. The summed E-state index contributed by atoms with van der Waals surface area (Å²) in [5.74, 6) is -0.221. The van der Waals surface area contributed by atoms with Crippen LogP contribution in [0.15, 0.2) is 42.5 Å². The van der Waals surface area contributed by atoms with Crippen molar-refractivity contribution in [3.63, 3.8) is 0 Å². The predicted molar refractivity (Wildman–Crippen MR) is 89.9 cm³/mol. The van der Waals surface area contributed by atoms with E-state index in [-0.39, 0.29) is 16.8 Å². The van der Waals surface area contributed by atoms with Crippen LogP contribution in [0.1, 0.15) is 22.8 Å². The van der Waals surface area contributed by atoms with Gasteiger partial charge in [-0.25, -0.2) is 0 Å². The molecule has 0 aliphatic heterocycles. The molecule has 23 heavy (non-hydrogen) atoms. The molecular formula is C17H17ClN2O3. The number of hydrogen-bond donors (Lipinski definition) is 2. The van der Waals surface area contributed by atoms with E-state index in [1.165, 1.54) is 26.2 Å². The summed E-state index contributed by atoms with van der Waals surface area (Å²) >= 11 is 6.11. The average Bonchev–Trinajstić information content (AvgIpc) is 2.54. The number of hydrogen-bond acceptors (Lipinski definition) is 3. The Morgan fingerprint density at radius 1 is 1.17 bits per heavy atom. The van der Waals surface area contributed by atoms with Crippen molar-refractivity contribution in [2.24, 2.45) is 0 Å². The molecule has 2 aromatic carbocycles. The van der Waals surface area contributed by atoms with Gasteiger partial charge in [0, 0.05) is 19.5 Å². The van der Waals surface area contributed by atoms with Gasteiger partial charge in [-0.15, -0.1) is 0 Å². The van der Waals surface area contributed by atoms with E-state index in [4.69, 9.17) is 16.3 Å². The number of ether oxygens (including phenoxy) is 1. The fraction of sp³-hybridized carbons (Fsp3) is 0.176. The SMILES string of the molecule is COc1cc(NC(C)=O)c(Cl)cc1C(=O)NCc1ccccc1. The zero-order valence-electron chi connectivity index (χ0n) is 12.9. The number of carbonyl (C=O) groups excluding carboxylic acids is 2. The van der Waals surface area contributed by atoms with Crippen molar-refractivity contribution in [3.05, 3.63) is 58.6 Å². The lowest BCUT2D eigenvalue weighted by molar-refractivity contribution is -0.114. The van der Waals surface area contributed by atoms with Gasteiger partial charge in [-0.3, -0.25) is 9.59 Å². The molecule has 2 aromatic rings. The molecule has 2 N–H and O–H groups in total. The van der Waals surface area contributed by atoms with E-state index >= 15 is 0 Å². The number of methoxy groups -OCH3 is 1. The minimum Gasteiger partial charge on any atom is -0.496 e. The molecule has 0 aliphatic carbocycles. The highest BCUT2D eigenvalue weighted by atomic mass is 35.5. The molecule has 5 nitrogen and oxygen atoms in total. The second-order valence-corrected chi connectivity index (χ2v) is 5.29. The third kappa shape index (κ3) is 4.47. The first-order valence-corrected chi connectivity index (χ1v) is 7.36. The van der Waals surface area contributed by atoms with Crippen LogP contribution in [-0.2, 0) is 11.3 Å². The Morgan fingerprint density at radius 2 is 1.87 bits per heavy atom. The number of amides is 2. The van der Waals surface area contributed by atoms with Crippen LogP contribution in [0, 0.1) is 0 Å². The molecule has 0 radical (unpaired) electrons. The fourth-order valence-electron chi connectivity index (χ4n) is 2.06. The van der Waals surface area contributed by atoms with Gasteiger partial charge in [0.1, 0.15) is 5.75 Å². The summed E-state index contributed by atoms with van der Waals surface area (Å²) in [6.45, 7) is 1.77. The van der Waals surface area contributed by atoms with E-state index < -0.39 is 0 Å². The number of nitrogens with one attached hydrogen (secondary N) is 2. The van der Waals surface area contributed by atoms with Crippen molar-refractivity contribution in [2.45, 2.75) is 13.5 Å². The molecule has 2 amide bonds. The van der Waals surface area contributed by atoms with Crippen LogP contribution >= 0.6 is 11.6 Å². The minimum absolute atomic E-state index is 0.254. The Morgan fingerprint density at radius 3 is 2.48 bits per heavy atom. The standard InChI is InChI=1S/C17H17ClN2O3/c1-11(21)20-15-9-16(23-2)13(8-14(15)18)17(22)19-10-12-6-4-3-5-7-12/h3-9H,10H2,1-2H3,(H,19,22)(H,20,21). The molecule has 0 fully saturated rings. The first-order chi connectivity index (χ1) is 11.0. The molecular weight excluding hydrogens is 316 g/mol. The lowest BCUT2D eigenvalue weighted by Crippen LogP contribution is -2.23. The Bertz CT molecular complexity index is 717. The summed E-state index contributed by atoms with van der Waals surface area (Å²) in [5, 5.41) is 5.67. The van der Waals surface area contributed by atoms with Crippen LogP contribution in [-0.4, -0.2) is 18.9 Å². The summed E-state index contributed by atoms with van der Waals surface area (Å²) < 4.78 is 5.22. The lowest BCUT2D eigenvalue weighted by Gasteiger charge is -2.13. The van der Waals surface area contributed by atoms with Crippen molar-refractivity contribution in [1.29, 1.82) is 0 Å². The number of rotatable bonds is 5. The predicted octanol–water partition coefficient (Wildman–Crippen LogP) is 3.24. The maximum atomic E-state index is 12.3. The van der Waals surface area contributed by atoms with Crippen LogP contribution in [0.25, 0.3) is 0 Å². The molecule has 0 saturated carbocycles. The second kappa shape index (κ2) is 7.65. The van der Waals surface area contributed by atoms with Crippen molar-refractivity contribution in [3.8, 4) is 5.75 Å². The van der Waals surface area contributed by atoms with E-state index in [2.05, 4.69) is 10.6 Å². The van der Waals surface area contributed by atoms with Gasteiger partial charge < -0.3 is 15.4 Å². The molecule has 0 heterocycles. The largest absolute Gasteiger partial charge is 0.496 e. The zero-order chi connectivity index (χ0) is 16.8. The van der Waals surface area contributed by atoms with Gasteiger partial charge in [-0.1, -0.05) is 41.9 Å². The summed E-state index contributed by atoms with van der Waals surface area (Å²) in [4.78, 5) is 23.5. The third-order valence-electron chi connectivity index (χ3n) is 3.14. The Balaban J connectivity index is 2.19. The first-order valence-electron chi connectivity index (χ1n) is 6.98. The van der Waals surface area contributed by atoms with Crippen LogP contribution in [0.2, 0.25) is 5.02 Å². The van der Waals surface area contributed by atoms with Gasteiger partial charge in [0.2, 0.25) is 5.91 Å². The van der Waals surface area contributed by atoms with E-state index in [1.54, 1.807) is 0 Å². The molecule has 2 rings (SSSR count). The Hall–Kier alpha value is -2.53. The van der Waals surface area contributed by atoms with Gasteiger partial charge in [-0.2, -0.15) is 0 Å². The number of benzene rings is 2. The maximum absolute atomic E-state index is 12.3. The zero-order valence-corrected chi connectivity index (χ0v) is 13.6. The molecule has 6 heteroatoms. The van der Waals surface area contributed by atoms with Gasteiger partial charge in [0.25, 0.3) is 5.91 Å². The van der Waals surface area contributed by atoms with Crippen LogP contribution in [0.3, 0.4) is 0 Å². The quantitative estimate of drug-likeness (QED) is 0.883. The summed E-state index contributed by atoms with van der Waals surface area (Å²) in [5.41, 5.74) is 1.69. The Labute approximate surface area is 139 Å². The topological polar surface area (TPSA) is 67.4 Å². The number of anilines is 1. The monoisotopic (exact) mass is 332 g/mol. The van der Waals surface area contributed by atoms with E-state index in [1.807, 2.05) is 30.3 Å². The highest BCUT2D eigenvalue weighted by molar-refractivity contribution is 6.34. The van der Waals surface area contributed by atoms with Crippen LogP contribution in [0.5, 0.6) is 5.75 Å². The van der Waals surface area contributed by atoms with Crippen LogP contribution < -0.4 is 15.4 Å². The second-order valence-electron chi connectivity index (χ2n) is 4.88. The first kappa shape index (κ1) is 16.8. The molecule has 0 bridgehead atoms. The van der Waals surface area contributed by atoms with Crippen molar-refractivity contribution in [1.82, 2.24) is 5.32 Å². The normalized spacial score (nSPS) is 10.0. The highest BCUT2D eigenvalue weighted by Crippen LogP contribution is 2.31. The lowest BCUT2D eigenvalue weighted by atomic mass is 10.1. The Kier molecular flexibility index (Phi) is 5.60. The van der Waals surface area contributed by atoms with E-state index in [9.17, 15) is 9.59 Å². The minimum atomic E-state index is -0.304. The van der Waals surface area contributed by atoms with Crippen LogP contribution in [0.4, 0.5) is 5.69 Å². The molecule has 0 spiro atoms. The van der Waals surface area contributed by atoms with Crippen molar-refractivity contribution in [2.75, 3.05) is 12.4 Å². The summed E-state index contributed by atoms with van der Waals surface area (Å²) in [7, 11) is 1.45. The molecule has 120 valence electrons. The van der Waals surface area contributed by atoms with E-state index in [0.717, 1.165) is 5.56 Å². The summed E-state index contributed by atoms with van der Waals surface area (Å²) in [6, 6.07) is 12.6. The molecule has 0 saturated heterocycles. The molecule has 0 unspecified atom stereocenters. The third-order valence-corrected chi connectivity index (χ3v) is 3.45. The maximum Gasteiger partial charge on any atom is 0.255 e. The average molecular weight is 333 g/mol. The van der Waals surface area contributed by atoms with Gasteiger partial charge in [0.15, 0.2) is 0 Å². The van der Waals surface area contributed by atoms with Gasteiger partial charge >= 0.3 is 0 Å². The van der Waals surface area contributed by atoms with E-state index in [0.29, 0.717) is 23.5 Å². The molecule has 0 aromatic heterocycles. The number of halogens is 1. The van der Waals surface area contributed by atoms with Gasteiger partial charge in [0.05, 0.1) is 23.4 Å². The van der Waals surface area contributed by atoms with Crippen molar-refractivity contribution < 1.29 is 14.3 Å². The van der Waals surface area contributed by atoms with Gasteiger partial charge in [-0.05, 0) is 11.6 Å². The highest BCUT2D eigenvalue weighted by Gasteiger charge is 2.16.